The first-order valence-electron chi connectivity index (χ1n) is 14.3. The van der Waals surface area contributed by atoms with Crippen LogP contribution in [-0.4, -0.2) is 48.3 Å². The summed E-state index contributed by atoms with van der Waals surface area (Å²) in [7, 11) is 1.62. The first kappa shape index (κ1) is 31.1. The molecule has 2 aliphatic rings. The zero-order chi connectivity index (χ0) is 30.7. The quantitative estimate of drug-likeness (QED) is 0.224. The summed E-state index contributed by atoms with van der Waals surface area (Å²) in [6.07, 6.45) is 17.1. The molecule has 0 radical (unpaired) electrons. The van der Waals surface area contributed by atoms with Crippen LogP contribution in [0.5, 0.6) is 23.0 Å². The van der Waals surface area contributed by atoms with Crippen LogP contribution in [0.1, 0.15) is 63.3 Å². The SMILES string of the molecule is C#CCOc1cc(/C=C/c2cc3c(c(OC)c2)O[C@]2(C)C[C@@H](O)[C@@H](O)C(C)(C)[C@H]2C3)cc(OCC#C)c1CC=C(C)C. The molecule has 0 saturated heterocycles. The molecule has 1 fully saturated rings. The highest BCUT2D eigenvalue weighted by Gasteiger charge is 2.58. The monoisotopic (exact) mass is 570 g/mol. The Kier molecular flexibility index (Phi) is 9.31. The van der Waals surface area contributed by atoms with Gasteiger partial charge in [0.15, 0.2) is 11.5 Å². The largest absolute Gasteiger partial charge is 0.493 e. The fourth-order valence-electron chi connectivity index (χ4n) is 6.33. The molecule has 1 aliphatic heterocycles. The van der Waals surface area contributed by atoms with Gasteiger partial charge in [-0.1, -0.05) is 49.5 Å². The van der Waals surface area contributed by atoms with Crippen molar-refractivity contribution in [3.8, 4) is 47.7 Å². The lowest BCUT2D eigenvalue weighted by atomic mass is 9.57. The van der Waals surface area contributed by atoms with Crippen LogP contribution in [0.2, 0.25) is 0 Å². The van der Waals surface area contributed by atoms with Crippen molar-refractivity contribution in [3.05, 3.63) is 58.2 Å². The second-order valence-electron chi connectivity index (χ2n) is 12.2. The Hall–Kier alpha value is -3.84. The third kappa shape index (κ3) is 6.31. The summed E-state index contributed by atoms with van der Waals surface area (Å²) in [6.45, 7) is 10.4. The number of fused-ring (bicyclic) bond motifs is 2. The summed E-state index contributed by atoms with van der Waals surface area (Å²) < 4.78 is 24.2. The number of terminal acetylenes is 2. The molecule has 42 heavy (non-hydrogen) atoms. The van der Waals surface area contributed by atoms with E-state index in [1.807, 2.05) is 65.0 Å². The highest BCUT2D eigenvalue weighted by atomic mass is 16.5. The number of rotatable bonds is 9. The lowest BCUT2D eigenvalue weighted by Gasteiger charge is -2.56. The number of hydrogen-bond donors (Lipinski definition) is 2. The summed E-state index contributed by atoms with van der Waals surface area (Å²) in [6, 6.07) is 7.93. The Labute approximate surface area is 250 Å². The number of benzene rings is 2. The zero-order valence-corrected chi connectivity index (χ0v) is 25.5. The molecule has 0 amide bonds. The number of hydrogen-bond acceptors (Lipinski definition) is 6. The Bertz CT molecular complexity index is 1410. The van der Waals surface area contributed by atoms with Crippen LogP contribution in [0.15, 0.2) is 35.9 Å². The molecule has 6 heteroatoms. The molecule has 0 spiro atoms. The minimum atomic E-state index is -0.853. The van der Waals surface area contributed by atoms with Gasteiger partial charge in [-0.05, 0) is 74.6 Å². The molecule has 2 aromatic rings. The molecule has 1 saturated carbocycles. The molecule has 1 heterocycles. The minimum Gasteiger partial charge on any atom is -0.493 e. The first-order chi connectivity index (χ1) is 19.9. The number of aliphatic hydroxyl groups excluding tert-OH is 2. The molecule has 0 bridgehead atoms. The van der Waals surface area contributed by atoms with E-state index in [4.69, 9.17) is 31.8 Å². The molecule has 4 rings (SSSR count). The molecule has 1 aliphatic carbocycles. The van der Waals surface area contributed by atoms with Gasteiger partial charge in [-0.2, -0.15) is 0 Å². The Morgan fingerprint density at radius 1 is 0.976 bits per heavy atom. The number of aliphatic hydroxyl groups is 2. The van der Waals surface area contributed by atoms with E-state index < -0.39 is 23.2 Å². The van der Waals surface area contributed by atoms with Gasteiger partial charge in [0.2, 0.25) is 0 Å². The van der Waals surface area contributed by atoms with Crippen LogP contribution in [0.25, 0.3) is 12.2 Å². The number of allylic oxidation sites excluding steroid dienone is 2. The number of ether oxygens (including phenoxy) is 4. The van der Waals surface area contributed by atoms with Crippen LogP contribution < -0.4 is 18.9 Å². The van der Waals surface area contributed by atoms with Crippen molar-refractivity contribution in [1.82, 2.24) is 0 Å². The lowest BCUT2D eigenvalue weighted by Crippen LogP contribution is -2.63. The molecule has 2 aromatic carbocycles. The van der Waals surface area contributed by atoms with Gasteiger partial charge in [0, 0.05) is 23.3 Å². The van der Waals surface area contributed by atoms with Gasteiger partial charge in [0.1, 0.15) is 30.3 Å². The van der Waals surface area contributed by atoms with Crippen LogP contribution in [-0.2, 0) is 12.8 Å². The van der Waals surface area contributed by atoms with Gasteiger partial charge in [0.25, 0.3) is 0 Å². The molecular weight excluding hydrogens is 528 g/mol. The summed E-state index contributed by atoms with van der Waals surface area (Å²) in [5, 5.41) is 21.4. The van der Waals surface area contributed by atoms with E-state index in [1.54, 1.807) is 7.11 Å². The summed E-state index contributed by atoms with van der Waals surface area (Å²) in [5.41, 5.74) is 3.69. The van der Waals surface area contributed by atoms with Crippen molar-refractivity contribution < 1.29 is 29.2 Å². The van der Waals surface area contributed by atoms with E-state index in [2.05, 4.69) is 24.0 Å². The maximum absolute atomic E-state index is 10.8. The van der Waals surface area contributed by atoms with E-state index in [0.29, 0.717) is 42.3 Å². The molecule has 6 nitrogen and oxygen atoms in total. The normalized spacial score (nSPS) is 23.9. The maximum atomic E-state index is 10.8. The van der Waals surface area contributed by atoms with E-state index in [1.165, 1.54) is 5.57 Å². The number of methoxy groups -OCH3 is 1. The van der Waals surface area contributed by atoms with Crippen molar-refractivity contribution >= 4 is 12.2 Å². The van der Waals surface area contributed by atoms with Gasteiger partial charge in [-0.15, -0.1) is 12.8 Å². The third-order valence-electron chi connectivity index (χ3n) is 8.50. The minimum absolute atomic E-state index is 0.0000829. The fraction of sp³-hybridized carbons (Fsp3) is 0.444. The molecule has 222 valence electrons. The van der Waals surface area contributed by atoms with Crippen LogP contribution in [0.3, 0.4) is 0 Å². The van der Waals surface area contributed by atoms with Gasteiger partial charge >= 0.3 is 0 Å². The highest BCUT2D eigenvalue weighted by Crippen LogP contribution is 2.55. The predicted molar refractivity (Wildman–Crippen MR) is 167 cm³/mol. The van der Waals surface area contributed by atoms with Gasteiger partial charge in [0.05, 0.1) is 19.3 Å². The van der Waals surface area contributed by atoms with Crippen molar-refractivity contribution in [2.24, 2.45) is 11.3 Å². The topological polar surface area (TPSA) is 77.4 Å². The van der Waals surface area contributed by atoms with Crippen molar-refractivity contribution in [2.45, 2.75) is 71.7 Å². The Morgan fingerprint density at radius 3 is 2.10 bits per heavy atom. The first-order valence-corrected chi connectivity index (χ1v) is 14.3. The van der Waals surface area contributed by atoms with Crippen LogP contribution in [0, 0.1) is 36.0 Å². The van der Waals surface area contributed by atoms with E-state index in [9.17, 15) is 10.2 Å². The van der Waals surface area contributed by atoms with Gasteiger partial charge < -0.3 is 29.2 Å². The predicted octanol–water partition coefficient (Wildman–Crippen LogP) is 5.86. The van der Waals surface area contributed by atoms with E-state index in [0.717, 1.165) is 22.3 Å². The standard InChI is InChI=1S/C36H42O6/c1-9-15-40-29-18-25(19-30(41-16-10-2)27(29)14-11-23(3)4)13-12-24-17-26-21-32-35(5,6)34(38)28(37)22-36(32,7)42-33(26)31(20-24)39-8/h1-2,11-13,17-20,28,32,34,37-38H,14-16,21-22H2,3-8H3/b13-12+/t28-,32-,34-,36-/m1/s1. The van der Waals surface area contributed by atoms with Gasteiger partial charge in [-0.25, -0.2) is 0 Å². The zero-order valence-electron chi connectivity index (χ0n) is 25.5. The smallest absolute Gasteiger partial charge is 0.165 e. The van der Waals surface area contributed by atoms with Gasteiger partial charge in [-0.3, -0.25) is 0 Å². The van der Waals surface area contributed by atoms with Crippen LogP contribution >= 0.6 is 0 Å². The Balaban J connectivity index is 1.72. The molecule has 4 atom stereocenters. The molecule has 0 aromatic heterocycles. The van der Waals surface area contributed by atoms with Crippen molar-refractivity contribution in [2.75, 3.05) is 20.3 Å². The van der Waals surface area contributed by atoms with Crippen molar-refractivity contribution in [1.29, 1.82) is 0 Å². The third-order valence-corrected chi connectivity index (χ3v) is 8.50. The second kappa shape index (κ2) is 12.6. The van der Waals surface area contributed by atoms with Crippen LogP contribution in [0.4, 0.5) is 0 Å². The van der Waals surface area contributed by atoms with E-state index in [-0.39, 0.29) is 19.1 Å². The fourth-order valence-corrected chi connectivity index (χ4v) is 6.33. The summed E-state index contributed by atoms with van der Waals surface area (Å²) in [4.78, 5) is 0. The summed E-state index contributed by atoms with van der Waals surface area (Å²) in [5.74, 6) is 7.69. The molecule has 0 unspecified atom stereocenters. The van der Waals surface area contributed by atoms with E-state index >= 15 is 0 Å². The lowest BCUT2D eigenvalue weighted by molar-refractivity contribution is -0.187. The Morgan fingerprint density at radius 2 is 1.55 bits per heavy atom. The average Bonchev–Trinajstić information content (AvgIpc) is 2.95. The maximum Gasteiger partial charge on any atom is 0.165 e. The van der Waals surface area contributed by atoms with Crippen molar-refractivity contribution in [3.63, 3.8) is 0 Å². The molecule has 2 N–H and O–H groups in total. The molecular formula is C36H42O6. The average molecular weight is 571 g/mol. The summed E-state index contributed by atoms with van der Waals surface area (Å²) >= 11 is 0. The highest BCUT2D eigenvalue weighted by molar-refractivity contribution is 5.74. The second-order valence-corrected chi connectivity index (χ2v) is 12.2.